The van der Waals surface area contributed by atoms with Crippen molar-refractivity contribution in [2.45, 2.75) is 13.0 Å². The Labute approximate surface area is 94.1 Å². The van der Waals surface area contributed by atoms with Gasteiger partial charge in [-0.05, 0) is 19.1 Å². The molecule has 0 spiro atoms. The molecule has 0 saturated carbocycles. The van der Waals surface area contributed by atoms with Crippen LogP contribution in [0, 0.1) is 11.2 Å². The topological polar surface area (TPSA) is 71.1 Å². The van der Waals surface area contributed by atoms with Crippen LogP contribution in [0.3, 0.4) is 0 Å². The second-order valence-electron chi connectivity index (χ2n) is 3.50. The number of hydrogen-bond donors (Lipinski definition) is 3. The maximum Gasteiger partial charge on any atom is 0.136 e. The van der Waals surface area contributed by atoms with Gasteiger partial charge in [0.2, 0.25) is 0 Å². The summed E-state index contributed by atoms with van der Waals surface area (Å²) in [5, 5.41) is 10.3. The summed E-state index contributed by atoms with van der Waals surface area (Å²) in [4.78, 5) is 0. The first-order chi connectivity index (χ1) is 7.56. The molecule has 0 bridgehead atoms. The van der Waals surface area contributed by atoms with Gasteiger partial charge >= 0.3 is 0 Å². The van der Waals surface area contributed by atoms with Gasteiger partial charge in [0.25, 0.3) is 0 Å². The van der Waals surface area contributed by atoms with Crippen LogP contribution in [-0.4, -0.2) is 25.6 Å². The van der Waals surface area contributed by atoms with Crippen LogP contribution >= 0.6 is 0 Å². The van der Waals surface area contributed by atoms with Crippen molar-refractivity contribution in [1.29, 1.82) is 5.41 Å². The molecular weight excluding hydrogens is 209 g/mol. The number of halogens is 1. The van der Waals surface area contributed by atoms with Crippen LogP contribution in [-0.2, 0) is 4.74 Å². The highest BCUT2D eigenvalue weighted by atomic mass is 19.1. The van der Waals surface area contributed by atoms with E-state index in [4.69, 9.17) is 15.9 Å². The van der Waals surface area contributed by atoms with E-state index in [0.29, 0.717) is 12.2 Å². The molecule has 4 N–H and O–H groups in total. The molecule has 16 heavy (non-hydrogen) atoms. The fourth-order valence-electron chi connectivity index (χ4n) is 1.28. The number of benzene rings is 1. The molecule has 0 fully saturated rings. The van der Waals surface area contributed by atoms with E-state index in [2.05, 4.69) is 5.32 Å². The van der Waals surface area contributed by atoms with Crippen molar-refractivity contribution < 1.29 is 9.13 Å². The maximum absolute atomic E-state index is 13.4. The second kappa shape index (κ2) is 5.46. The number of ether oxygens (including phenoxy) is 1. The van der Waals surface area contributed by atoms with Gasteiger partial charge in [-0.3, -0.25) is 5.41 Å². The minimum absolute atomic E-state index is 0.00285. The maximum atomic E-state index is 13.4. The number of nitrogens with two attached hydrogens (primary N) is 1. The SMILES string of the molecule is COC(C)CNc1cccc(F)c1C(=N)N. The first kappa shape index (κ1) is 12.4. The Hall–Kier alpha value is -1.62. The Morgan fingerprint density at radius 2 is 2.31 bits per heavy atom. The van der Waals surface area contributed by atoms with E-state index in [-0.39, 0.29) is 17.5 Å². The Balaban J connectivity index is 2.87. The van der Waals surface area contributed by atoms with Crippen LogP contribution < -0.4 is 11.1 Å². The van der Waals surface area contributed by atoms with E-state index in [1.165, 1.54) is 6.07 Å². The van der Waals surface area contributed by atoms with Gasteiger partial charge in [-0.2, -0.15) is 0 Å². The third kappa shape index (κ3) is 2.93. The van der Waals surface area contributed by atoms with Gasteiger partial charge in [-0.1, -0.05) is 6.07 Å². The number of methoxy groups -OCH3 is 1. The summed E-state index contributed by atoms with van der Waals surface area (Å²) in [6, 6.07) is 4.53. The molecular formula is C11H16FN3O. The summed E-state index contributed by atoms with van der Waals surface area (Å²) in [6.45, 7) is 2.42. The van der Waals surface area contributed by atoms with Crippen LogP contribution in [0.25, 0.3) is 0 Å². The fraction of sp³-hybridized carbons (Fsp3) is 0.364. The summed E-state index contributed by atoms with van der Waals surface area (Å²) in [7, 11) is 1.60. The van der Waals surface area contributed by atoms with Gasteiger partial charge in [-0.25, -0.2) is 4.39 Å². The van der Waals surface area contributed by atoms with Crippen molar-refractivity contribution in [3.63, 3.8) is 0 Å². The molecule has 1 atom stereocenters. The lowest BCUT2D eigenvalue weighted by Crippen LogP contribution is -2.21. The largest absolute Gasteiger partial charge is 0.384 e. The molecule has 0 aliphatic heterocycles. The van der Waals surface area contributed by atoms with Gasteiger partial charge in [0, 0.05) is 19.3 Å². The normalized spacial score (nSPS) is 12.2. The Bertz CT molecular complexity index is 381. The molecule has 1 unspecified atom stereocenters. The Kier molecular flexibility index (Phi) is 4.25. The third-order valence-electron chi connectivity index (χ3n) is 2.27. The number of nitrogens with one attached hydrogen (secondary N) is 2. The molecule has 5 heteroatoms. The minimum atomic E-state index is -0.498. The summed E-state index contributed by atoms with van der Waals surface area (Å²) < 4.78 is 18.5. The number of rotatable bonds is 5. The highest BCUT2D eigenvalue weighted by Gasteiger charge is 2.11. The first-order valence-corrected chi connectivity index (χ1v) is 4.95. The Morgan fingerprint density at radius 3 is 2.88 bits per heavy atom. The molecule has 1 aromatic carbocycles. The molecule has 0 aliphatic carbocycles. The molecule has 0 aliphatic rings. The molecule has 0 aromatic heterocycles. The van der Waals surface area contributed by atoms with Crippen molar-refractivity contribution in [1.82, 2.24) is 0 Å². The molecule has 1 rings (SSSR count). The molecule has 88 valence electrons. The lowest BCUT2D eigenvalue weighted by Gasteiger charge is -2.14. The average Bonchev–Trinajstić information content (AvgIpc) is 2.25. The first-order valence-electron chi connectivity index (χ1n) is 4.95. The molecule has 4 nitrogen and oxygen atoms in total. The van der Waals surface area contributed by atoms with E-state index in [1.54, 1.807) is 19.2 Å². The molecule has 0 saturated heterocycles. The second-order valence-corrected chi connectivity index (χ2v) is 3.50. The van der Waals surface area contributed by atoms with E-state index in [0.717, 1.165) is 0 Å². The van der Waals surface area contributed by atoms with E-state index >= 15 is 0 Å². The van der Waals surface area contributed by atoms with E-state index in [9.17, 15) is 4.39 Å². The summed E-state index contributed by atoms with van der Waals surface area (Å²) in [6.07, 6.45) is 0.00285. The smallest absolute Gasteiger partial charge is 0.136 e. The summed E-state index contributed by atoms with van der Waals surface area (Å²) in [5.41, 5.74) is 5.94. The van der Waals surface area contributed by atoms with Crippen molar-refractivity contribution >= 4 is 11.5 Å². The van der Waals surface area contributed by atoms with Crippen LogP contribution in [0.15, 0.2) is 18.2 Å². The van der Waals surface area contributed by atoms with Crippen molar-refractivity contribution in [3.8, 4) is 0 Å². The van der Waals surface area contributed by atoms with Gasteiger partial charge in [-0.15, -0.1) is 0 Å². The standard InChI is InChI=1S/C11H16FN3O/c1-7(16-2)6-15-9-5-3-4-8(12)10(9)11(13)14/h3-5,7,15H,6H2,1-2H3,(H3,13,14). The molecule has 0 heterocycles. The van der Waals surface area contributed by atoms with Gasteiger partial charge in [0.1, 0.15) is 11.7 Å². The van der Waals surface area contributed by atoms with Crippen molar-refractivity contribution in [2.24, 2.45) is 5.73 Å². The summed E-state index contributed by atoms with van der Waals surface area (Å²) >= 11 is 0. The summed E-state index contributed by atoms with van der Waals surface area (Å²) in [5.74, 6) is -0.784. The zero-order chi connectivity index (χ0) is 12.1. The Morgan fingerprint density at radius 1 is 1.62 bits per heavy atom. The monoisotopic (exact) mass is 225 g/mol. The van der Waals surface area contributed by atoms with Gasteiger partial charge in [0.05, 0.1) is 11.7 Å². The number of hydrogen-bond acceptors (Lipinski definition) is 3. The number of anilines is 1. The number of amidine groups is 1. The molecule has 1 aromatic rings. The average molecular weight is 225 g/mol. The highest BCUT2D eigenvalue weighted by Crippen LogP contribution is 2.18. The predicted octanol–water partition coefficient (Wildman–Crippen LogP) is 1.56. The third-order valence-corrected chi connectivity index (χ3v) is 2.27. The lowest BCUT2D eigenvalue weighted by atomic mass is 10.1. The fourth-order valence-corrected chi connectivity index (χ4v) is 1.28. The molecule has 0 radical (unpaired) electrons. The van der Waals surface area contributed by atoms with Crippen LogP contribution in [0.4, 0.5) is 10.1 Å². The van der Waals surface area contributed by atoms with Crippen LogP contribution in [0.2, 0.25) is 0 Å². The van der Waals surface area contributed by atoms with Gasteiger partial charge < -0.3 is 15.8 Å². The number of nitrogen functional groups attached to an aromatic ring is 1. The van der Waals surface area contributed by atoms with E-state index < -0.39 is 5.82 Å². The van der Waals surface area contributed by atoms with Crippen molar-refractivity contribution in [2.75, 3.05) is 19.0 Å². The zero-order valence-corrected chi connectivity index (χ0v) is 9.38. The van der Waals surface area contributed by atoms with Crippen molar-refractivity contribution in [3.05, 3.63) is 29.6 Å². The predicted molar refractivity (Wildman–Crippen MR) is 62.4 cm³/mol. The van der Waals surface area contributed by atoms with Crippen LogP contribution in [0.1, 0.15) is 12.5 Å². The van der Waals surface area contributed by atoms with Gasteiger partial charge in [0.15, 0.2) is 0 Å². The highest BCUT2D eigenvalue weighted by molar-refractivity contribution is 6.00. The quantitative estimate of drug-likeness (QED) is 0.526. The lowest BCUT2D eigenvalue weighted by molar-refractivity contribution is 0.129. The van der Waals surface area contributed by atoms with Crippen LogP contribution in [0.5, 0.6) is 0 Å². The van der Waals surface area contributed by atoms with E-state index in [1.807, 2.05) is 6.92 Å². The molecule has 0 amide bonds. The minimum Gasteiger partial charge on any atom is -0.384 e. The zero-order valence-electron chi connectivity index (χ0n) is 9.38.